The summed E-state index contributed by atoms with van der Waals surface area (Å²) in [5.41, 5.74) is 5.38. The maximum Gasteiger partial charge on any atom is -0.00368 e. The molecule has 0 amide bonds. The van der Waals surface area contributed by atoms with Gasteiger partial charge in [-0.3, -0.25) is 0 Å². The molecule has 3 heteroatoms. The second-order valence-corrected chi connectivity index (χ2v) is 3.56. The summed E-state index contributed by atoms with van der Waals surface area (Å²) in [5.74, 6) is 0. The number of nitrogens with two attached hydrogens (primary N) is 1. The van der Waals surface area contributed by atoms with Crippen molar-refractivity contribution in [3.05, 3.63) is 6.92 Å². The first-order valence-electron chi connectivity index (χ1n) is 5.82. The van der Waals surface area contributed by atoms with Crippen LogP contribution in [0.3, 0.4) is 0 Å². The molecule has 0 aromatic heterocycles. The number of hydrogen-bond acceptors (Lipinski definition) is 3. The van der Waals surface area contributed by atoms with Gasteiger partial charge < -0.3 is 16.4 Å². The molecule has 0 heterocycles. The Balaban J connectivity index is 2.78. The summed E-state index contributed by atoms with van der Waals surface area (Å²) >= 11 is 0. The smallest absolute Gasteiger partial charge is 0.00368 e. The zero-order valence-electron chi connectivity index (χ0n) is 9.36. The third kappa shape index (κ3) is 11.9. The minimum Gasteiger partial charge on any atom is -0.330 e. The third-order valence-electron chi connectivity index (χ3n) is 2.12. The van der Waals surface area contributed by atoms with Gasteiger partial charge in [-0.1, -0.05) is 19.8 Å². The second-order valence-electron chi connectivity index (χ2n) is 3.56. The van der Waals surface area contributed by atoms with E-state index in [9.17, 15) is 0 Å². The van der Waals surface area contributed by atoms with E-state index in [4.69, 9.17) is 5.73 Å². The molecular formula is C11H26N3. The molecule has 0 atom stereocenters. The normalized spacial score (nSPS) is 10.7. The number of rotatable bonds is 11. The van der Waals surface area contributed by atoms with Gasteiger partial charge in [0.2, 0.25) is 0 Å². The maximum absolute atomic E-state index is 5.38. The Morgan fingerprint density at radius 3 is 1.93 bits per heavy atom. The van der Waals surface area contributed by atoms with Crippen LogP contribution in [0.2, 0.25) is 0 Å². The first-order chi connectivity index (χ1) is 6.91. The molecule has 3 nitrogen and oxygen atoms in total. The van der Waals surface area contributed by atoms with Gasteiger partial charge in [-0.05, 0) is 52.0 Å². The predicted molar refractivity (Wildman–Crippen MR) is 63.2 cm³/mol. The molecule has 0 aliphatic carbocycles. The molecule has 0 aliphatic rings. The van der Waals surface area contributed by atoms with Crippen LogP contribution in [-0.2, 0) is 0 Å². The summed E-state index contributed by atoms with van der Waals surface area (Å²) in [7, 11) is 0. The van der Waals surface area contributed by atoms with Crippen LogP contribution in [0.1, 0.15) is 32.1 Å². The molecule has 0 aromatic carbocycles. The summed E-state index contributed by atoms with van der Waals surface area (Å²) in [6, 6.07) is 0. The Morgan fingerprint density at radius 2 is 1.36 bits per heavy atom. The first kappa shape index (κ1) is 13.9. The van der Waals surface area contributed by atoms with Gasteiger partial charge in [-0.25, -0.2) is 0 Å². The topological polar surface area (TPSA) is 50.1 Å². The van der Waals surface area contributed by atoms with Gasteiger partial charge in [0.1, 0.15) is 0 Å². The van der Waals surface area contributed by atoms with E-state index in [1.807, 2.05) is 0 Å². The Kier molecular flexibility index (Phi) is 12.8. The minimum atomic E-state index is 0.788. The molecule has 0 rings (SSSR count). The minimum absolute atomic E-state index is 0.788. The van der Waals surface area contributed by atoms with E-state index >= 15 is 0 Å². The van der Waals surface area contributed by atoms with Crippen LogP contribution in [0.5, 0.6) is 0 Å². The SMILES string of the molecule is [CH2]CCCCNCCCNCCCN. The van der Waals surface area contributed by atoms with Crippen LogP contribution in [0, 0.1) is 6.92 Å². The first-order valence-corrected chi connectivity index (χ1v) is 5.82. The van der Waals surface area contributed by atoms with Crippen LogP contribution < -0.4 is 16.4 Å². The van der Waals surface area contributed by atoms with E-state index in [0.29, 0.717) is 0 Å². The number of hydrogen-bond donors (Lipinski definition) is 3. The van der Waals surface area contributed by atoms with E-state index in [-0.39, 0.29) is 0 Å². The van der Waals surface area contributed by atoms with Crippen molar-refractivity contribution in [3.8, 4) is 0 Å². The van der Waals surface area contributed by atoms with Crippen molar-refractivity contribution < 1.29 is 0 Å². The lowest BCUT2D eigenvalue weighted by Crippen LogP contribution is -2.24. The summed E-state index contributed by atoms with van der Waals surface area (Å²) in [5, 5.41) is 6.78. The van der Waals surface area contributed by atoms with E-state index < -0.39 is 0 Å². The van der Waals surface area contributed by atoms with Crippen molar-refractivity contribution in [2.75, 3.05) is 32.7 Å². The van der Waals surface area contributed by atoms with Gasteiger partial charge in [-0.2, -0.15) is 0 Å². The molecule has 1 radical (unpaired) electrons. The van der Waals surface area contributed by atoms with E-state index in [1.54, 1.807) is 0 Å². The lowest BCUT2D eigenvalue weighted by atomic mass is 10.2. The summed E-state index contributed by atoms with van der Waals surface area (Å²) < 4.78 is 0. The second kappa shape index (κ2) is 12.9. The van der Waals surface area contributed by atoms with Gasteiger partial charge in [0.25, 0.3) is 0 Å². The molecule has 85 valence electrons. The molecule has 0 fully saturated rings. The molecule has 0 saturated carbocycles. The molecule has 0 unspecified atom stereocenters. The highest BCUT2D eigenvalue weighted by Crippen LogP contribution is 1.90. The Labute approximate surface area is 88.8 Å². The largest absolute Gasteiger partial charge is 0.330 e. The summed E-state index contributed by atoms with van der Waals surface area (Å²) in [6.45, 7) is 9.01. The molecule has 14 heavy (non-hydrogen) atoms. The average Bonchev–Trinajstić information content (AvgIpc) is 2.21. The third-order valence-corrected chi connectivity index (χ3v) is 2.12. The van der Waals surface area contributed by atoms with Crippen molar-refractivity contribution in [2.45, 2.75) is 32.1 Å². The average molecular weight is 200 g/mol. The standard InChI is InChI=1S/C11H26N3/c1-2-3-4-8-13-10-6-11-14-9-5-7-12/h13-14H,1-12H2. The van der Waals surface area contributed by atoms with Gasteiger partial charge in [0.05, 0.1) is 0 Å². The highest BCUT2D eigenvalue weighted by Gasteiger charge is 1.89. The molecule has 4 N–H and O–H groups in total. The van der Waals surface area contributed by atoms with Crippen LogP contribution in [0.15, 0.2) is 0 Å². The zero-order chi connectivity index (χ0) is 10.5. The fourth-order valence-corrected chi connectivity index (χ4v) is 1.24. The van der Waals surface area contributed by atoms with E-state index in [1.165, 1.54) is 19.3 Å². The van der Waals surface area contributed by atoms with Crippen LogP contribution in [0.25, 0.3) is 0 Å². The molecule has 0 saturated heterocycles. The maximum atomic E-state index is 5.38. The van der Waals surface area contributed by atoms with E-state index in [2.05, 4.69) is 17.6 Å². The predicted octanol–water partition coefficient (Wildman–Crippen LogP) is 0.909. The number of unbranched alkanes of at least 4 members (excludes halogenated alkanes) is 2. The highest BCUT2D eigenvalue weighted by molar-refractivity contribution is 4.53. The van der Waals surface area contributed by atoms with Crippen molar-refractivity contribution in [3.63, 3.8) is 0 Å². The molecular weight excluding hydrogens is 174 g/mol. The highest BCUT2D eigenvalue weighted by atomic mass is 14.9. The molecule has 0 aromatic rings. The van der Waals surface area contributed by atoms with Crippen LogP contribution in [0.4, 0.5) is 0 Å². The van der Waals surface area contributed by atoms with Crippen LogP contribution >= 0.6 is 0 Å². The van der Waals surface area contributed by atoms with Gasteiger partial charge in [0.15, 0.2) is 0 Å². The fraction of sp³-hybridized carbons (Fsp3) is 0.909. The monoisotopic (exact) mass is 200 g/mol. The van der Waals surface area contributed by atoms with Gasteiger partial charge in [0, 0.05) is 0 Å². The van der Waals surface area contributed by atoms with Crippen molar-refractivity contribution >= 4 is 0 Å². The van der Waals surface area contributed by atoms with Gasteiger partial charge in [-0.15, -0.1) is 0 Å². The Morgan fingerprint density at radius 1 is 0.786 bits per heavy atom. The lowest BCUT2D eigenvalue weighted by Gasteiger charge is -2.05. The lowest BCUT2D eigenvalue weighted by molar-refractivity contribution is 0.571. The van der Waals surface area contributed by atoms with E-state index in [0.717, 1.165) is 45.6 Å². The van der Waals surface area contributed by atoms with Gasteiger partial charge >= 0.3 is 0 Å². The quantitative estimate of drug-likeness (QED) is 0.435. The van der Waals surface area contributed by atoms with Crippen molar-refractivity contribution in [1.82, 2.24) is 10.6 Å². The Bertz CT molecular complexity index is 84.5. The molecule has 0 bridgehead atoms. The summed E-state index contributed by atoms with van der Waals surface area (Å²) in [4.78, 5) is 0. The van der Waals surface area contributed by atoms with Crippen molar-refractivity contribution in [2.24, 2.45) is 5.73 Å². The Hall–Kier alpha value is -0.120. The van der Waals surface area contributed by atoms with Crippen LogP contribution in [-0.4, -0.2) is 32.7 Å². The molecule has 0 spiro atoms. The number of nitrogens with one attached hydrogen (secondary N) is 2. The fourth-order valence-electron chi connectivity index (χ4n) is 1.24. The molecule has 0 aliphatic heterocycles. The van der Waals surface area contributed by atoms with Crippen molar-refractivity contribution in [1.29, 1.82) is 0 Å². The zero-order valence-corrected chi connectivity index (χ0v) is 9.36. The summed E-state index contributed by atoms with van der Waals surface area (Å²) in [6.07, 6.45) is 5.83.